The molecule has 0 spiro atoms. The molecule has 0 N–H and O–H groups in total. The predicted molar refractivity (Wildman–Crippen MR) is 72.0 cm³/mol. The third-order valence-corrected chi connectivity index (χ3v) is 5.25. The number of para-hydroxylation sites is 1. The first-order valence-electron chi connectivity index (χ1n) is 6.17. The summed E-state index contributed by atoms with van der Waals surface area (Å²) in [4.78, 5) is 0.216. The molecule has 0 radical (unpaired) electrons. The van der Waals surface area contributed by atoms with Crippen LogP contribution >= 0.6 is 0 Å². The molecule has 1 aliphatic carbocycles. The molecule has 0 aromatic heterocycles. The van der Waals surface area contributed by atoms with Gasteiger partial charge < -0.3 is 4.74 Å². The van der Waals surface area contributed by atoms with Crippen LogP contribution in [0.15, 0.2) is 52.8 Å². The highest BCUT2D eigenvalue weighted by Gasteiger charge is 2.33. The Kier molecular flexibility index (Phi) is 2.67. The normalized spacial score (nSPS) is 24.3. The van der Waals surface area contributed by atoms with Crippen LogP contribution in [0, 0.1) is 5.92 Å². The fourth-order valence-electron chi connectivity index (χ4n) is 2.35. The first-order chi connectivity index (χ1) is 9.00. The fraction of sp³-hybridized carbons (Fsp3) is 0.286. The fourth-order valence-corrected chi connectivity index (χ4v) is 3.68. The van der Waals surface area contributed by atoms with Gasteiger partial charge in [0.25, 0.3) is 10.0 Å². The van der Waals surface area contributed by atoms with E-state index in [-0.39, 0.29) is 4.90 Å². The molecular weight excluding hydrogens is 262 g/mol. The molecule has 1 atom stereocenters. The lowest BCUT2D eigenvalue weighted by atomic mass is 10.00. The van der Waals surface area contributed by atoms with Crippen molar-refractivity contribution in [2.45, 2.75) is 18.2 Å². The van der Waals surface area contributed by atoms with Crippen molar-refractivity contribution in [3.05, 3.63) is 47.9 Å². The molecule has 3 rings (SSSR count). The van der Waals surface area contributed by atoms with Gasteiger partial charge in [-0.2, -0.15) is 0 Å². The maximum absolute atomic E-state index is 12.5. The molecule has 1 aliphatic heterocycles. The average Bonchev–Trinajstić information content (AvgIpc) is 2.45. The summed E-state index contributed by atoms with van der Waals surface area (Å²) in [5.41, 5.74) is 0.620. The SMILES string of the molecule is CC1C=CC2=C(C1)Oc1ccccc1S(=O)(=O)N2C. The van der Waals surface area contributed by atoms with Crippen molar-refractivity contribution in [3.8, 4) is 5.75 Å². The van der Waals surface area contributed by atoms with E-state index in [1.165, 1.54) is 4.31 Å². The standard InChI is InChI=1S/C14H15NO3S/c1-10-7-8-11-13(9-10)18-12-5-3-4-6-14(12)19(16,17)15(11)2/h3-8,10H,9H2,1-2H3. The third-order valence-electron chi connectivity index (χ3n) is 3.44. The molecule has 2 aliphatic rings. The number of hydrogen-bond donors (Lipinski definition) is 0. The third kappa shape index (κ3) is 1.85. The van der Waals surface area contributed by atoms with Gasteiger partial charge in [-0.25, -0.2) is 8.42 Å². The number of hydrogen-bond acceptors (Lipinski definition) is 3. The highest BCUT2D eigenvalue weighted by molar-refractivity contribution is 7.89. The van der Waals surface area contributed by atoms with Crippen LogP contribution in [-0.4, -0.2) is 19.8 Å². The first kappa shape index (κ1) is 12.3. The Bertz CT molecular complexity index is 688. The van der Waals surface area contributed by atoms with Gasteiger partial charge in [-0.3, -0.25) is 4.31 Å². The van der Waals surface area contributed by atoms with Gasteiger partial charge >= 0.3 is 0 Å². The zero-order valence-corrected chi connectivity index (χ0v) is 11.6. The molecule has 1 aromatic carbocycles. The summed E-state index contributed by atoms with van der Waals surface area (Å²) < 4.78 is 32.2. The van der Waals surface area contributed by atoms with Crippen LogP contribution in [0.1, 0.15) is 13.3 Å². The quantitative estimate of drug-likeness (QED) is 0.732. The van der Waals surface area contributed by atoms with Gasteiger partial charge in [0, 0.05) is 13.5 Å². The molecule has 1 aromatic rings. The summed E-state index contributed by atoms with van der Waals surface area (Å²) in [6, 6.07) is 6.75. The molecule has 0 amide bonds. The molecule has 1 heterocycles. The van der Waals surface area contributed by atoms with Gasteiger partial charge in [0.2, 0.25) is 0 Å². The van der Waals surface area contributed by atoms with E-state index in [4.69, 9.17) is 4.74 Å². The lowest BCUT2D eigenvalue weighted by Crippen LogP contribution is -2.26. The Hall–Kier alpha value is -1.75. The topological polar surface area (TPSA) is 46.6 Å². The number of rotatable bonds is 0. The lowest BCUT2D eigenvalue weighted by molar-refractivity contribution is 0.365. The number of sulfonamides is 1. The number of benzene rings is 1. The maximum atomic E-state index is 12.5. The van der Waals surface area contributed by atoms with E-state index in [1.807, 2.05) is 12.2 Å². The van der Waals surface area contributed by atoms with Gasteiger partial charge in [-0.05, 0) is 24.1 Å². The predicted octanol–water partition coefficient (Wildman–Crippen LogP) is 2.51. The van der Waals surface area contributed by atoms with Gasteiger partial charge in [0.1, 0.15) is 16.4 Å². The van der Waals surface area contributed by atoms with E-state index in [0.717, 1.165) is 0 Å². The lowest BCUT2D eigenvalue weighted by Gasteiger charge is -2.23. The second kappa shape index (κ2) is 4.13. The summed E-state index contributed by atoms with van der Waals surface area (Å²) >= 11 is 0. The molecule has 4 nitrogen and oxygen atoms in total. The largest absolute Gasteiger partial charge is 0.458 e. The van der Waals surface area contributed by atoms with E-state index >= 15 is 0 Å². The highest BCUT2D eigenvalue weighted by atomic mass is 32.2. The monoisotopic (exact) mass is 277 g/mol. The molecule has 0 fully saturated rings. The number of allylic oxidation sites excluding steroid dienone is 3. The molecule has 0 saturated heterocycles. The molecular formula is C14H15NO3S. The van der Waals surface area contributed by atoms with E-state index < -0.39 is 10.0 Å². The second-order valence-corrected chi connectivity index (χ2v) is 6.81. The van der Waals surface area contributed by atoms with E-state index in [2.05, 4.69) is 6.92 Å². The Balaban J connectivity index is 2.23. The van der Waals surface area contributed by atoms with E-state index in [0.29, 0.717) is 29.5 Å². The van der Waals surface area contributed by atoms with Gasteiger partial charge in [0.15, 0.2) is 0 Å². The molecule has 0 bridgehead atoms. The molecule has 0 saturated carbocycles. The molecule has 19 heavy (non-hydrogen) atoms. The van der Waals surface area contributed by atoms with Crippen LogP contribution in [0.2, 0.25) is 0 Å². The minimum absolute atomic E-state index is 0.216. The van der Waals surface area contributed by atoms with Crippen LogP contribution in [0.5, 0.6) is 5.75 Å². The summed E-state index contributed by atoms with van der Waals surface area (Å²) in [5.74, 6) is 1.47. The van der Waals surface area contributed by atoms with Crippen LogP contribution in [0.25, 0.3) is 0 Å². The zero-order chi connectivity index (χ0) is 13.6. The smallest absolute Gasteiger partial charge is 0.267 e. The molecule has 5 heteroatoms. The van der Waals surface area contributed by atoms with Crippen LogP contribution in [0.3, 0.4) is 0 Å². The number of nitrogens with zero attached hydrogens (tertiary/aromatic N) is 1. The number of likely N-dealkylation sites (N-methyl/N-ethyl adjacent to an activating group) is 1. The molecule has 100 valence electrons. The average molecular weight is 277 g/mol. The highest BCUT2D eigenvalue weighted by Crippen LogP contribution is 2.37. The number of fused-ring (bicyclic) bond motifs is 1. The first-order valence-corrected chi connectivity index (χ1v) is 7.61. The van der Waals surface area contributed by atoms with E-state index in [1.54, 1.807) is 31.3 Å². The van der Waals surface area contributed by atoms with Crippen molar-refractivity contribution >= 4 is 10.0 Å². The van der Waals surface area contributed by atoms with Crippen molar-refractivity contribution in [2.24, 2.45) is 5.92 Å². The Morgan fingerprint density at radius 3 is 2.84 bits per heavy atom. The van der Waals surface area contributed by atoms with Crippen LogP contribution < -0.4 is 4.74 Å². The minimum atomic E-state index is -3.55. The second-order valence-electron chi connectivity index (χ2n) is 4.87. The molecule has 1 unspecified atom stereocenters. The van der Waals surface area contributed by atoms with Crippen molar-refractivity contribution in [1.29, 1.82) is 0 Å². The van der Waals surface area contributed by atoms with Gasteiger partial charge in [-0.1, -0.05) is 25.1 Å². The maximum Gasteiger partial charge on any atom is 0.267 e. The van der Waals surface area contributed by atoms with Crippen LogP contribution in [0.4, 0.5) is 0 Å². The Morgan fingerprint density at radius 1 is 1.32 bits per heavy atom. The van der Waals surface area contributed by atoms with Crippen LogP contribution in [-0.2, 0) is 10.0 Å². The van der Waals surface area contributed by atoms with Gasteiger partial charge in [0.05, 0.1) is 5.70 Å². The minimum Gasteiger partial charge on any atom is -0.458 e. The summed E-state index contributed by atoms with van der Waals surface area (Å²) in [5, 5.41) is 0. The van der Waals surface area contributed by atoms with Crippen molar-refractivity contribution in [2.75, 3.05) is 7.05 Å². The summed E-state index contributed by atoms with van der Waals surface area (Å²) in [6.45, 7) is 2.08. The zero-order valence-electron chi connectivity index (χ0n) is 10.8. The summed E-state index contributed by atoms with van der Waals surface area (Å²) in [6.07, 6.45) is 4.54. The Labute approximate surface area is 113 Å². The van der Waals surface area contributed by atoms with Crippen molar-refractivity contribution in [1.82, 2.24) is 4.31 Å². The van der Waals surface area contributed by atoms with Gasteiger partial charge in [-0.15, -0.1) is 0 Å². The van der Waals surface area contributed by atoms with Crippen molar-refractivity contribution in [3.63, 3.8) is 0 Å². The number of ether oxygens (including phenoxy) is 1. The van der Waals surface area contributed by atoms with E-state index in [9.17, 15) is 8.42 Å². The Morgan fingerprint density at radius 2 is 2.05 bits per heavy atom. The summed E-state index contributed by atoms with van der Waals surface area (Å²) in [7, 11) is -1.98. The van der Waals surface area contributed by atoms with Crippen molar-refractivity contribution < 1.29 is 13.2 Å².